The number of nitrogens with zero attached hydrogens (tertiary/aromatic N) is 1. The van der Waals surface area contributed by atoms with Crippen molar-refractivity contribution in [1.82, 2.24) is 0 Å². The van der Waals surface area contributed by atoms with E-state index < -0.39 is 5.97 Å². The second kappa shape index (κ2) is 20.8. The first kappa shape index (κ1) is 32.8. The number of unbranched alkanes of at least 4 members (excludes halogenated alkanes) is 4. The molecule has 0 heterocycles. The molecule has 1 aromatic carbocycles. The number of rotatable bonds is 20. The predicted molar refractivity (Wildman–Crippen MR) is 165 cm³/mol. The smallest absolute Gasteiger partial charge is 0.303 e. The molecule has 0 bridgehead atoms. The average Bonchev–Trinajstić information content (AvgIpc) is 2.87. The standard InChI is InChI=1S/C31H46INO4/c1-26(2)33(28-25-29(36-3)27(32)24-30(28)37-4)23-21-19-17-15-13-11-9-7-5-6-8-10-12-14-16-18-20-22-31(34)35/h5,7-8,10-11,13-14,16,24-26H,6,9,12,15,17-23H2,1-4H3,(H,34,35). The summed E-state index contributed by atoms with van der Waals surface area (Å²) in [5.74, 6) is 1.06. The summed E-state index contributed by atoms with van der Waals surface area (Å²) in [5, 5.41) is 8.59. The Balaban J connectivity index is 2.22. The van der Waals surface area contributed by atoms with Gasteiger partial charge < -0.3 is 19.5 Å². The molecule has 1 aromatic rings. The second-order valence-corrected chi connectivity index (χ2v) is 10.3. The third-order valence-corrected chi connectivity index (χ3v) is 6.74. The van der Waals surface area contributed by atoms with Crippen LogP contribution in [0.2, 0.25) is 0 Å². The molecule has 0 radical (unpaired) electrons. The fraction of sp³-hybridized carbons (Fsp3) is 0.516. The highest BCUT2D eigenvalue weighted by molar-refractivity contribution is 14.1. The monoisotopic (exact) mass is 623 g/mol. The number of carboxylic acid groups (broad SMARTS) is 1. The Hall–Kier alpha value is -2.22. The molecule has 1 N–H and O–H groups in total. The maximum Gasteiger partial charge on any atom is 0.303 e. The molecule has 0 fully saturated rings. The van der Waals surface area contributed by atoms with Gasteiger partial charge >= 0.3 is 5.97 Å². The minimum absolute atomic E-state index is 0.247. The molecule has 0 amide bonds. The highest BCUT2D eigenvalue weighted by Crippen LogP contribution is 2.37. The number of anilines is 1. The van der Waals surface area contributed by atoms with Crippen molar-refractivity contribution in [1.29, 1.82) is 0 Å². The van der Waals surface area contributed by atoms with E-state index in [1.54, 1.807) is 14.2 Å². The van der Waals surface area contributed by atoms with Crippen LogP contribution in [-0.4, -0.2) is 37.9 Å². The molecule has 1 rings (SSSR count). The van der Waals surface area contributed by atoms with E-state index in [0.717, 1.165) is 65.8 Å². The van der Waals surface area contributed by atoms with E-state index in [1.165, 1.54) is 12.8 Å². The first-order valence-electron chi connectivity index (χ1n) is 13.4. The molecule has 6 heteroatoms. The van der Waals surface area contributed by atoms with Crippen LogP contribution in [0.15, 0.2) is 60.7 Å². The number of carboxylic acids is 1. The van der Waals surface area contributed by atoms with E-state index in [0.29, 0.717) is 12.5 Å². The fourth-order valence-electron chi connectivity index (χ4n) is 3.87. The van der Waals surface area contributed by atoms with Crippen molar-refractivity contribution >= 4 is 34.2 Å². The summed E-state index contributed by atoms with van der Waals surface area (Å²) < 4.78 is 12.3. The predicted octanol–water partition coefficient (Wildman–Crippen LogP) is 8.73. The maximum absolute atomic E-state index is 10.4. The average molecular weight is 624 g/mol. The lowest BCUT2D eigenvalue weighted by Gasteiger charge is -2.31. The number of hydrogen-bond acceptors (Lipinski definition) is 4. The van der Waals surface area contributed by atoms with Gasteiger partial charge in [0.25, 0.3) is 0 Å². The van der Waals surface area contributed by atoms with Crippen LogP contribution in [0, 0.1) is 3.57 Å². The number of halogens is 1. The molecule has 0 unspecified atom stereocenters. The molecule has 0 aliphatic heterocycles. The highest BCUT2D eigenvalue weighted by Gasteiger charge is 2.18. The van der Waals surface area contributed by atoms with Crippen molar-refractivity contribution in [2.24, 2.45) is 0 Å². The van der Waals surface area contributed by atoms with Crippen LogP contribution in [-0.2, 0) is 4.79 Å². The number of allylic oxidation sites excluding steroid dienone is 8. The van der Waals surface area contributed by atoms with E-state index in [2.05, 4.69) is 96.0 Å². The van der Waals surface area contributed by atoms with E-state index in [4.69, 9.17) is 14.6 Å². The van der Waals surface area contributed by atoms with Gasteiger partial charge in [0.05, 0.1) is 23.5 Å². The van der Waals surface area contributed by atoms with Gasteiger partial charge in [-0.25, -0.2) is 0 Å². The van der Waals surface area contributed by atoms with Crippen LogP contribution in [0.25, 0.3) is 0 Å². The zero-order valence-electron chi connectivity index (χ0n) is 23.1. The van der Waals surface area contributed by atoms with Gasteiger partial charge in [-0.2, -0.15) is 0 Å². The van der Waals surface area contributed by atoms with Gasteiger partial charge in [0.2, 0.25) is 0 Å². The summed E-state index contributed by atoms with van der Waals surface area (Å²) in [5.41, 5.74) is 1.10. The Morgan fingerprint density at radius 3 is 1.89 bits per heavy atom. The van der Waals surface area contributed by atoms with Crippen molar-refractivity contribution in [2.45, 2.75) is 84.1 Å². The summed E-state index contributed by atoms with van der Waals surface area (Å²) >= 11 is 2.28. The van der Waals surface area contributed by atoms with Gasteiger partial charge in [0.1, 0.15) is 11.5 Å². The summed E-state index contributed by atoms with van der Waals surface area (Å²) in [6.45, 7) is 5.44. The lowest BCUT2D eigenvalue weighted by molar-refractivity contribution is -0.137. The summed E-state index contributed by atoms with van der Waals surface area (Å²) in [4.78, 5) is 12.8. The molecule has 0 saturated carbocycles. The first-order valence-corrected chi connectivity index (χ1v) is 14.5. The van der Waals surface area contributed by atoms with Crippen molar-refractivity contribution in [3.63, 3.8) is 0 Å². The Kier molecular flexibility index (Phi) is 18.4. The zero-order chi connectivity index (χ0) is 27.3. The first-order chi connectivity index (χ1) is 17.9. The third-order valence-electron chi connectivity index (χ3n) is 5.90. The maximum atomic E-state index is 10.4. The molecule has 206 valence electrons. The molecular formula is C31H46INO4. The van der Waals surface area contributed by atoms with Gasteiger partial charge in [-0.1, -0.05) is 55.0 Å². The van der Waals surface area contributed by atoms with Crippen LogP contribution >= 0.6 is 22.6 Å². The summed E-state index contributed by atoms with van der Waals surface area (Å²) in [7, 11) is 3.44. The van der Waals surface area contributed by atoms with E-state index >= 15 is 0 Å². The summed E-state index contributed by atoms with van der Waals surface area (Å²) in [6.07, 6.45) is 26.7. The quantitative estimate of drug-likeness (QED) is 0.0895. The van der Waals surface area contributed by atoms with Crippen LogP contribution in [0.4, 0.5) is 5.69 Å². The molecule has 37 heavy (non-hydrogen) atoms. The van der Waals surface area contributed by atoms with Crippen LogP contribution in [0.5, 0.6) is 11.5 Å². The number of benzene rings is 1. The zero-order valence-corrected chi connectivity index (χ0v) is 25.3. The highest BCUT2D eigenvalue weighted by atomic mass is 127. The van der Waals surface area contributed by atoms with Crippen LogP contribution in [0.1, 0.15) is 78.1 Å². The number of carbonyl (C=O) groups is 1. The lowest BCUT2D eigenvalue weighted by Crippen LogP contribution is -2.32. The normalized spacial score (nSPS) is 12.1. The molecule has 0 saturated heterocycles. The molecule has 0 atom stereocenters. The van der Waals surface area contributed by atoms with Gasteiger partial charge in [0.15, 0.2) is 0 Å². The van der Waals surface area contributed by atoms with E-state index in [1.807, 2.05) is 6.07 Å². The Morgan fingerprint density at radius 1 is 0.838 bits per heavy atom. The van der Waals surface area contributed by atoms with Gasteiger partial charge in [0, 0.05) is 25.1 Å². The molecule has 0 aliphatic rings. The van der Waals surface area contributed by atoms with E-state index in [9.17, 15) is 4.79 Å². The number of methoxy groups -OCH3 is 2. The van der Waals surface area contributed by atoms with Crippen molar-refractivity contribution in [3.8, 4) is 11.5 Å². The Bertz CT molecular complexity index is 889. The molecular weight excluding hydrogens is 577 g/mol. The topological polar surface area (TPSA) is 59.0 Å². The Labute approximate surface area is 238 Å². The number of aliphatic carboxylic acids is 1. The molecule has 0 aliphatic carbocycles. The number of ether oxygens (including phenoxy) is 2. The number of hydrogen-bond donors (Lipinski definition) is 1. The fourth-order valence-corrected chi connectivity index (χ4v) is 4.53. The molecule has 5 nitrogen and oxygen atoms in total. The van der Waals surface area contributed by atoms with Crippen molar-refractivity contribution in [2.75, 3.05) is 25.7 Å². The van der Waals surface area contributed by atoms with Crippen molar-refractivity contribution < 1.29 is 19.4 Å². The van der Waals surface area contributed by atoms with Gasteiger partial charge in [-0.05, 0) is 93.9 Å². The minimum Gasteiger partial charge on any atom is -0.496 e. The van der Waals surface area contributed by atoms with Gasteiger partial charge in [-0.3, -0.25) is 4.79 Å². The largest absolute Gasteiger partial charge is 0.496 e. The SMILES string of the molecule is COc1cc(N(CCCCCC=CCC=CCC=CCC=CCCCC(=O)O)C(C)C)c(OC)cc1I. The van der Waals surface area contributed by atoms with Crippen molar-refractivity contribution in [3.05, 3.63) is 64.3 Å². The van der Waals surface area contributed by atoms with Crippen LogP contribution < -0.4 is 14.4 Å². The lowest BCUT2D eigenvalue weighted by atomic mass is 10.1. The minimum atomic E-state index is -0.721. The van der Waals surface area contributed by atoms with Crippen LogP contribution in [0.3, 0.4) is 0 Å². The third kappa shape index (κ3) is 14.9. The van der Waals surface area contributed by atoms with Gasteiger partial charge in [-0.15, -0.1) is 0 Å². The van der Waals surface area contributed by atoms with E-state index in [-0.39, 0.29) is 6.42 Å². The molecule has 0 spiro atoms. The molecule has 0 aromatic heterocycles. The second-order valence-electron chi connectivity index (χ2n) is 9.17. The summed E-state index contributed by atoms with van der Waals surface area (Å²) in [6, 6.07) is 4.52. The Morgan fingerprint density at radius 2 is 1.38 bits per heavy atom.